The lowest BCUT2D eigenvalue weighted by Gasteiger charge is -2.18. The fourth-order valence-electron chi connectivity index (χ4n) is 1.76. The second-order valence-corrected chi connectivity index (χ2v) is 4.24. The molecule has 0 amide bonds. The van der Waals surface area contributed by atoms with Gasteiger partial charge in [-0.15, -0.1) is 0 Å². The van der Waals surface area contributed by atoms with Gasteiger partial charge in [-0.2, -0.15) is 0 Å². The van der Waals surface area contributed by atoms with Crippen molar-refractivity contribution in [1.82, 2.24) is 5.32 Å². The Kier molecular flexibility index (Phi) is 4.07. The van der Waals surface area contributed by atoms with E-state index in [1.54, 1.807) is 0 Å². The molecule has 1 atom stereocenters. The van der Waals surface area contributed by atoms with Crippen LogP contribution in [0.15, 0.2) is 0 Å². The minimum atomic E-state index is 0.756. The van der Waals surface area contributed by atoms with Crippen LogP contribution in [0.3, 0.4) is 0 Å². The fourth-order valence-corrected chi connectivity index (χ4v) is 1.76. The highest BCUT2D eigenvalue weighted by atomic mass is 14.9. The predicted octanol–water partition coefficient (Wildman–Crippen LogP) is 2.81. The zero-order valence-corrected chi connectivity index (χ0v) is 8.77. The minimum Gasteiger partial charge on any atom is -0.314 e. The molecule has 0 aromatic heterocycles. The number of nitrogens with one attached hydrogen (secondary N) is 1. The van der Waals surface area contributed by atoms with Crippen molar-refractivity contribution in [1.29, 1.82) is 0 Å². The molecule has 1 nitrogen and oxygen atoms in total. The fraction of sp³-hybridized carbons (Fsp3) is 1.00. The van der Waals surface area contributed by atoms with Crippen molar-refractivity contribution in [2.24, 2.45) is 11.8 Å². The molecular formula is C11H23N. The minimum absolute atomic E-state index is 0.756. The average molecular weight is 169 g/mol. The summed E-state index contributed by atoms with van der Waals surface area (Å²) < 4.78 is 0. The number of rotatable bonds is 6. The van der Waals surface area contributed by atoms with Crippen LogP contribution in [-0.4, -0.2) is 12.6 Å². The van der Waals surface area contributed by atoms with Crippen molar-refractivity contribution in [2.75, 3.05) is 6.54 Å². The lowest BCUT2D eigenvalue weighted by molar-refractivity contribution is 0.402. The Balaban J connectivity index is 2.05. The van der Waals surface area contributed by atoms with E-state index >= 15 is 0 Å². The Morgan fingerprint density at radius 3 is 2.25 bits per heavy atom. The molecule has 0 aromatic rings. The van der Waals surface area contributed by atoms with Gasteiger partial charge in [0.1, 0.15) is 0 Å². The summed E-state index contributed by atoms with van der Waals surface area (Å²) in [5.74, 6) is 1.96. The first-order valence-corrected chi connectivity index (χ1v) is 5.51. The molecule has 0 saturated heterocycles. The molecule has 1 rings (SSSR count). The van der Waals surface area contributed by atoms with E-state index in [4.69, 9.17) is 0 Å². The van der Waals surface area contributed by atoms with Crippen LogP contribution in [0.25, 0.3) is 0 Å². The quantitative estimate of drug-likeness (QED) is 0.644. The Labute approximate surface area is 76.9 Å². The smallest absolute Gasteiger partial charge is 0.00619 e. The molecule has 1 heteroatoms. The van der Waals surface area contributed by atoms with E-state index in [9.17, 15) is 0 Å². The summed E-state index contributed by atoms with van der Waals surface area (Å²) in [5.41, 5.74) is 0. The second kappa shape index (κ2) is 4.86. The van der Waals surface area contributed by atoms with Gasteiger partial charge in [-0.3, -0.25) is 0 Å². The first-order chi connectivity index (χ1) is 5.77. The second-order valence-electron chi connectivity index (χ2n) is 4.24. The topological polar surface area (TPSA) is 12.0 Å². The first kappa shape index (κ1) is 10.0. The lowest BCUT2D eigenvalue weighted by Crippen LogP contribution is -2.32. The van der Waals surface area contributed by atoms with Crippen molar-refractivity contribution in [3.05, 3.63) is 0 Å². The zero-order chi connectivity index (χ0) is 8.97. The summed E-state index contributed by atoms with van der Waals surface area (Å²) in [6.45, 7) is 8.15. The molecule has 1 aliphatic carbocycles. The summed E-state index contributed by atoms with van der Waals surface area (Å²) in [6.07, 6.45) is 5.50. The third kappa shape index (κ3) is 3.14. The first-order valence-electron chi connectivity index (χ1n) is 5.51. The zero-order valence-electron chi connectivity index (χ0n) is 8.77. The van der Waals surface area contributed by atoms with Crippen molar-refractivity contribution < 1.29 is 0 Å². The molecule has 1 saturated carbocycles. The SMILES string of the molecule is CCC(CC)NCC(C)C1CC1. The third-order valence-corrected chi connectivity index (χ3v) is 3.14. The van der Waals surface area contributed by atoms with E-state index in [0.717, 1.165) is 17.9 Å². The van der Waals surface area contributed by atoms with Gasteiger partial charge in [0.15, 0.2) is 0 Å². The van der Waals surface area contributed by atoms with Crippen LogP contribution in [0.1, 0.15) is 46.5 Å². The lowest BCUT2D eigenvalue weighted by atomic mass is 10.1. The maximum atomic E-state index is 3.64. The average Bonchev–Trinajstić information content (AvgIpc) is 2.88. The normalized spacial score (nSPS) is 20.0. The number of hydrogen-bond acceptors (Lipinski definition) is 1. The standard InChI is InChI=1S/C11H23N/c1-4-11(5-2)12-8-9(3)10-6-7-10/h9-12H,4-8H2,1-3H3. The highest BCUT2D eigenvalue weighted by Gasteiger charge is 2.27. The summed E-state index contributed by atoms with van der Waals surface area (Å²) in [4.78, 5) is 0. The van der Waals surface area contributed by atoms with E-state index in [0.29, 0.717) is 0 Å². The van der Waals surface area contributed by atoms with E-state index in [-0.39, 0.29) is 0 Å². The molecule has 1 aliphatic rings. The molecule has 1 fully saturated rings. The van der Waals surface area contributed by atoms with Crippen LogP contribution >= 0.6 is 0 Å². The monoisotopic (exact) mass is 169 g/mol. The van der Waals surface area contributed by atoms with Gasteiger partial charge in [0.25, 0.3) is 0 Å². The van der Waals surface area contributed by atoms with E-state index in [1.807, 2.05) is 0 Å². The summed E-state index contributed by atoms with van der Waals surface area (Å²) in [7, 11) is 0. The maximum Gasteiger partial charge on any atom is 0.00619 e. The van der Waals surface area contributed by atoms with Crippen LogP contribution in [0, 0.1) is 11.8 Å². The van der Waals surface area contributed by atoms with Gasteiger partial charge in [-0.25, -0.2) is 0 Å². The molecule has 0 aliphatic heterocycles. The van der Waals surface area contributed by atoms with Gasteiger partial charge in [-0.05, 0) is 44.1 Å². The van der Waals surface area contributed by atoms with Gasteiger partial charge < -0.3 is 5.32 Å². The Morgan fingerprint density at radius 2 is 1.83 bits per heavy atom. The van der Waals surface area contributed by atoms with E-state index < -0.39 is 0 Å². The van der Waals surface area contributed by atoms with Crippen LogP contribution in [0.4, 0.5) is 0 Å². The molecule has 0 bridgehead atoms. The third-order valence-electron chi connectivity index (χ3n) is 3.14. The van der Waals surface area contributed by atoms with Gasteiger partial charge in [-0.1, -0.05) is 20.8 Å². The molecule has 12 heavy (non-hydrogen) atoms. The Morgan fingerprint density at radius 1 is 1.25 bits per heavy atom. The van der Waals surface area contributed by atoms with Gasteiger partial charge in [0, 0.05) is 6.04 Å². The molecule has 0 aromatic carbocycles. The van der Waals surface area contributed by atoms with Crippen molar-refractivity contribution in [3.63, 3.8) is 0 Å². The van der Waals surface area contributed by atoms with Crippen molar-refractivity contribution in [3.8, 4) is 0 Å². The maximum absolute atomic E-state index is 3.64. The Hall–Kier alpha value is -0.0400. The molecule has 0 spiro atoms. The van der Waals surface area contributed by atoms with Gasteiger partial charge >= 0.3 is 0 Å². The molecule has 1 unspecified atom stereocenters. The molecular weight excluding hydrogens is 146 g/mol. The Bertz CT molecular complexity index is 112. The molecule has 0 radical (unpaired) electrons. The largest absolute Gasteiger partial charge is 0.314 e. The summed E-state index contributed by atoms with van der Waals surface area (Å²) in [6, 6.07) is 0.756. The van der Waals surface area contributed by atoms with E-state index in [2.05, 4.69) is 26.1 Å². The number of hydrogen-bond donors (Lipinski definition) is 1. The van der Waals surface area contributed by atoms with Crippen molar-refractivity contribution >= 4 is 0 Å². The highest BCUT2D eigenvalue weighted by Crippen LogP contribution is 2.36. The van der Waals surface area contributed by atoms with Crippen LogP contribution < -0.4 is 5.32 Å². The molecule has 0 heterocycles. The van der Waals surface area contributed by atoms with Gasteiger partial charge in [0.05, 0.1) is 0 Å². The van der Waals surface area contributed by atoms with Gasteiger partial charge in [0.2, 0.25) is 0 Å². The van der Waals surface area contributed by atoms with Crippen LogP contribution in [0.5, 0.6) is 0 Å². The van der Waals surface area contributed by atoms with Crippen molar-refractivity contribution in [2.45, 2.75) is 52.5 Å². The summed E-state index contributed by atoms with van der Waals surface area (Å²) >= 11 is 0. The predicted molar refractivity (Wildman–Crippen MR) is 54.3 cm³/mol. The van der Waals surface area contributed by atoms with E-state index in [1.165, 1.54) is 32.2 Å². The molecule has 72 valence electrons. The summed E-state index contributed by atoms with van der Waals surface area (Å²) in [5, 5.41) is 3.64. The molecule has 1 N–H and O–H groups in total. The van der Waals surface area contributed by atoms with Crippen LogP contribution in [0.2, 0.25) is 0 Å². The highest BCUT2D eigenvalue weighted by molar-refractivity contribution is 4.80. The van der Waals surface area contributed by atoms with Crippen LogP contribution in [-0.2, 0) is 0 Å².